The molecule has 6 nitrogen and oxygen atoms in total. The summed E-state index contributed by atoms with van der Waals surface area (Å²) >= 11 is 1.61. The van der Waals surface area contributed by atoms with Crippen molar-refractivity contribution in [3.05, 3.63) is 94.2 Å². The summed E-state index contributed by atoms with van der Waals surface area (Å²) in [7, 11) is 0. The quantitative estimate of drug-likeness (QED) is 0.394. The largest absolute Gasteiger partial charge is 0.322 e. The summed E-state index contributed by atoms with van der Waals surface area (Å²) in [6, 6.07) is 18.8. The molecular formula is C19H15N3O3S. The van der Waals surface area contributed by atoms with Gasteiger partial charge in [-0.25, -0.2) is 4.98 Å². The lowest BCUT2D eigenvalue weighted by Gasteiger charge is -2.07. The number of amides is 1. The molecular weight excluding hydrogens is 350 g/mol. The molecule has 0 unspecified atom stereocenters. The number of anilines is 1. The van der Waals surface area contributed by atoms with Crippen LogP contribution in [0.15, 0.2) is 78.0 Å². The third kappa shape index (κ3) is 4.67. The first-order chi connectivity index (χ1) is 12.6. The molecule has 0 bridgehead atoms. The Labute approximate surface area is 154 Å². The Morgan fingerprint density at radius 3 is 2.58 bits per heavy atom. The normalized spacial score (nSPS) is 10.3. The first kappa shape index (κ1) is 17.6. The zero-order valence-electron chi connectivity index (χ0n) is 13.7. The molecule has 0 aliphatic heterocycles. The van der Waals surface area contributed by atoms with E-state index >= 15 is 0 Å². The second-order valence-corrected chi connectivity index (χ2v) is 6.41. The molecule has 0 atom stereocenters. The lowest BCUT2D eigenvalue weighted by molar-refractivity contribution is -0.384. The van der Waals surface area contributed by atoms with E-state index < -0.39 is 4.92 Å². The molecule has 0 saturated heterocycles. The minimum absolute atomic E-state index is 0.0462. The first-order valence-corrected chi connectivity index (χ1v) is 8.79. The zero-order chi connectivity index (χ0) is 18.4. The maximum atomic E-state index is 12.3. The Bertz CT molecular complexity index is 915. The van der Waals surface area contributed by atoms with Gasteiger partial charge in [0.15, 0.2) is 0 Å². The molecule has 1 aromatic heterocycles. The van der Waals surface area contributed by atoms with Gasteiger partial charge in [-0.2, -0.15) is 0 Å². The van der Waals surface area contributed by atoms with Gasteiger partial charge in [0.25, 0.3) is 11.6 Å². The van der Waals surface area contributed by atoms with Crippen molar-refractivity contribution in [2.45, 2.75) is 10.8 Å². The molecule has 0 aliphatic carbocycles. The summed E-state index contributed by atoms with van der Waals surface area (Å²) in [6.07, 6.45) is 1.75. The van der Waals surface area contributed by atoms with E-state index in [2.05, 4.69) is 10.3 Å². The van der Waals surface area contributed by atoms with Crippen LogP contribution in [-0.4, -0.2) is 15.8 Å². The lowest BCUT2D eigenvalue weighted by atomic mass is 10.1. The molecule has 26 heavy (non-hydrogen) atoms. The third-order valence-electron chi connectivity index (χ3n) is 3.55. The van der Waals surface area contributed by atoms with Crippen LogP contribution in [0.4, 0.5) is 11.4 Å². The number of non-ortho nitro benzene ring substituents is 1. The van der Waals surface area contributed by atoms with Crippen LogP contribution >= 0.6 is 11.8 Å². The van der Waals surface area contributed by atoms with E-state index in [1.54, 1.807) is 24.0 Å². The van der Waals surface area contributed by atoms with Gasteiger partial charge in [-0.1, -0.05) is 18.2 Å². The van der Waals surface area contributed by atoms with Crippen molar-refractivity contribution in [3.8, 4) is 0 Å². The molecule has 0 aliphatic rings. The number of carbonyl (C=O) groups is 1. The van der Waals surface area contributed by atoms with E-state index in [0.717, 1.165) is 16.3 Å². The number of pyridine rings is 1. The third-order valence-corrected chi connectivity index (χ3v) is 4.56. The predicted octanol–water partition coefficient (Wildman–Crippen LogP) is 4.53. The Hall–Kier alpha value is -3.19. The van der Waals surface area contributed by atoms with Crippen LogP contribution in [-0.2, 0) is 5.75 Å². The van der Waals surface area contributed by atoms with Crippen molar-refractivity contribution in [2.75, 3.05) is 5.32 Å². The van der Waals surface area contributed by atoms with Gasteiger partial charge in [0.2, 0.25) is 0 Å². The van der Waals surface area contributed by atoms with Gasteiger partial charge in [-0.05, 0) is 42.0 Å². The van der Waals surface area contributed by atoms with Gasteiger partial charge in [0, 0.05) is 35.3 Å². The van der Waals surface area contributed by atoms with Crippen molar-refractivity contribution < 1.29 is 9.72 Å². The molecule has 130 valence electrons. The maximum absolute atomic E-state index is 12.3. The van der Waals surface area contributed by atoms with E-state index in [9.17, 15) is 14.9 Å². The summed E-state index contributed by atoms with van der Waals surface area (Å²) in [5, 5.41) is 14.4. The highest BCUT2D eigenvalue weighted by molar-refractivity contribution is 7.98. The van der Waals surface area contributed by atoms with Gasteiger partial charge in [0.05, 0.1) is 9.95 Å². The molecule has 3 aromatic rings. The van der Waals surface area contributed by atoms with Crippen molar-refractivity contribution in [3.63, 3.8) is 0 Å². The minimum Gasteiger partial charge on any atom is -0.322 e. The van der Waals surface area contributed by atoms with Crippen LogP contribution in [0.1, 0.15) is 15.9 Å². The van der Waals surface area contributed by atoms with E-state index in [0.29, 0.717) is 11.3 Å². The van der Waals surface area contributed by atoms with E-state index in [1.165, 1.54) is 24.3 Å². The van der Waals surface area contributed by atoms with Crippen LogP contribution in [0.5, 0.6) is 0 Å². The number of rotatable bonds is 6. The topological polar surface area (TPSA) is 85.1 Å². The molecule has 0 spiro atoms. The van der Waals surface area contributed by atoms with Crippen molar-refractivity contribution in [1.29, 1.82) is 0 Å². The molecule has 0 radical (unpaired) electrons. The number of carbonyl (C=O) groups excluding carboxylic acids is 1. The molecule has 0 fully saturated rings. The highest BCUT2D eigenvalue weighted by atomic mass is 32.2. The smallest absolute Gasteiger partial charge is 0.269 e. The van der Waals surface area contributed by atoms with Crippen molar-refractivity contribution in [1.82, 2.24) is 4.98 Å². The number of nitro benzene ring substituents is 1. The molecule has 3 rings (SSSR count). The SMILES string of the molecule is O=C(Nc1cccc(CSc2ccccn2)c1)c1ccc([N+](=O)[O-])cc1. The van der Waals surface area contributed by atoms with Gasteiger partial charge >= 0.3 is 0 Å². The van der Waals surface area contributed by atoms with Crippen molar-refractivity contribution in [2.24, 2.45) is 0 Å². The maximum Gasteiger partial charge on any atom is 0.269 e. The van der Waals surface area contributed by atoms with Crippen LogP contribution in [0.3, 0.4) is 0 Å². The van der Waals surface area contributed by atoms with E-state index in [1.807, 2.05) is 36.4 Å². The number of nitrogens with one attached hydrogen (secondary N) is 1. The van der Waals surface area contributed by atoms with Gasteiger partial charge < -0.3 is 5.32 Å². The standard InChI is InChI=1S/C19H15N3O3S/c23-19(15-7-9-17(10-8-15)22(24)25)21-16-5-3-4-14(12-16)13-26-18-6-1-2-11-20-18/h1-12H,13H2,(H,21,23). The summed E-state index contributed by atoms with van der Waals surface area (Å²) in [5.74, 6) is 0.424. The fourth-order valence-corrected chi connectivity index (χ4v) is 3.07. The minimum atomic E-state index is -0.496. The fraction of sp³-hybridized carbons (Fsp3) is 0.0526. The molecule has 0 saturated carbocycles. The monoisotopic (exact) mass is 365 g/mol. The van der Waals surface area contributed by atoms with Crippen LogP contribution in [0, 0.1) is 10.1 Å². The van der Waals surface area contributed by atoms with Crippen LogP contribution < -0.4 is 5.32 Å². The number of hydrogen-bond acceptors (Lipinski definition) is 5. The molecule has 1 N–H and O–H groups in total. The summed E-state index contributed by atoms with van der Waals surface area (Å²) in [5.41, 5.74) is 2.05. The molecule has 2 aromatic carbocycles. The highest BCUT2D eigenvalue weighted by Crippen LogP contribution is 2.22. The number of hydrogen-bond donors (Lipinski definition) is 1. The van der Waals surface area contributed by atoms with E-state index in [4.69, 9.17) is 0 Å². The van der Waals surface area contributed by atoms with Crippen molar-refractivity contribution >= 4 is 29.0 Å². The second kappa shape index (κ2) is 8.26. The Balaban J connectivity index is 1.64. The second-order valence-electron chi connectivity index (χ2n) is 5.42. The fourth-order valence-electron chi connectivity index (χ4n) is 2.27. The first-order valence-electron chi connectivity index (χ1n) is 7.80. The number of nitro groups is 1. The van der Waals surface area contributed by atoms with Gasteiger partial charge in [-0.15, -0.1) is 11.8 Å². The average molecular weight is 365 g/mol. The number of aromatic nitrogens is 1. The van der Waals surface area contributed by atoms with E-state index in [-0.39, 0.29) is 11.6 Å². The van der Waals surface area contributed by atoms with Crippen LogP contribution in [0.2, 0.25) is 0 Å². The molecule has 7 heteroatoms. The average Bonchev–Trinajstić information content (AvgIpc) is 2.67. The zero-order valence-corrected chi connectivity index (χ0v) is 14.5. The summed E-state index contributed by atoms with van der Waals surface area (Å²) < 4.78 is 0. The molecule has 1 amide bonds. The Morgan fingerprint density at radius 2 is 1.88 bits per heavy atom. The summed E-state index contributed by atoms with van der Waals surface area (Å²) in [6.45, 7) is 0. The highest BCUT2D eigenvalue weighted by Gasteiger charge is 2.10. The molecule has 1 heterocycles. The van der Waals surface area contributed by atoms with Crippen LogP contribution in [0.25, 0.3) is 0 Å². The van der Waals surface area contributed by atoms with Gasteiger partial charge in [-0.3, -0.25) is 14.9 Å². The Kier molecular flexibility index (Phi) is 5.60. The predicted molar refractivity (Wildman–Crippen MR) is 101 cm³/mol. The number of nitrogens with zero attached hydrogens (tertiary/aromatic N) is 2. The number of thioether (sulfide) groups is 1. The summed E-state index contributed by atoms with van der Waals surface area (Å²) in [4.78, 5) is 26.7. The lowest BCUT2D eigenvalue weighted by Crippen LogP contribution is -2.11. The van der Waals surface area contributed by atoms with Gasteiger partial charge in [0.1, 0.15) is 0 Å². The number of benzene rings is 2. The Morgan fingerprint density at radius 1 is 1.08 bits per heavy atom.